The zero-order chi connectivity index (χ0) is 13.0. The largest absolute Gasteiger partial charge is 0.492 e. The molecule has 5 nitrogen and oxygen atoms in total. The van der Waals surface area contributed by atoms with Gasteiger partial charge in [-0.15, -0.1) is 11.3 Å². The van der Waals surface area contributed by atoms with E-state index in [1.807, 2.05) is 26.1 Å². The highest BCUT2D eigenvalue weighted by Crippen LogP contribution is 2.27. The average Bonchev–Trinajstić information content (AvgIpc) is 2.78. The fourth-order valence-electron chi connectivity index (χ4n) is 1.69. The zero-order valence-electron chi connectivity index (χ0n) is 10.4. The van der Waals surface area contributed by atoms with Crippen molar-refractivity contribution in [1.82, 2.24) is 15.4 Å². The topological polar surface area (TPSA) is 73.1 Å². The lowest BCUT2D eigenvalue weighted by molar-refractivity contribution is 0.338. The van der Waals surface area contributed by atoms with Crippen LogP contribution < -0.4 is 16.0 Å². The number of nitrogens with zero attached hydrogens (tertiary/aromatic N) is 2. The Kier molecular flexibility index (Phi) is 4.24. The first kappa shape index (κ1) is 12.9. The maximum Gasteiger partial charge on any atom is 0.137 e. The molecule has 1 unspecified atom stereocenters. The maximum absolute atomic E-state index is 5.63. The van der Waals surface area contributed by atoms with E-state index in [9.17, 15) is 0 Å². The van der Waals surface area contributed by atoms with Gasteiger partial charge in [-0.25, -0.2) is 10.4 Å². The molecule has 1 atom stereocenters. The number of hydrazine groups is 1. The summed E-state index contributed by atoms with van der Waals surface area (Å²) < 4.78 is 5.44. The highest BCUT2D eigenvalue weighted by molar-refractivity contribution is 7.11. The second-order valence-corrected chi connectivity index (χ2v) is 5.03. The SMILES string of the molecule is CCOc1cncc(C(NN)c2cnc(C)s2)c1. The number of pyridine rings is 1. The Morgan fingerprint density at radius 2 is 2.28 bits per heavy atom. The molecule has 18 heavy (non-hydrogen) atoms. The van der Waals surface area contributed by atoms with Gasteiger partial charge in [0.25, 0.3) is 0 Å². The minimum atomic E-state index is -0.107. The summed E-state index contributed by atoms with van der Waals surface area (Å²) in [5.41, 5.74) is 3.76. The van der Waals surface area contributed by atoms with E-state index in [1.165, 1.54) is 0 Å². The van der Waals surface area contributed by atoms with E-state index < -0.39 is 0 Å². The molecule has 2 heterocycles. The minimum Gasteiger partial charge on any atom is -0.492 e. The molecule has 6 heteroatoms. The van der Waals surface area contributed by atoms with Crippen molar-refractivity contribution in [3.8, 4) is 5.75 Å². The monoisotopic (exact) mass is 264 g/mol. The van der Waals surface area contributed by atoms with Gasteiger partial charge < -0.3 is 4.74 Å². The summed E-state index contributed by atoms with van der Waals surface area (Å²) in [5.74, 6) is 6.38. The minimum absolute atomic E-state index is 0.107. The van der Waals surface area contributed by atoms with Gasteiger partial charge >= 0.3 is 0 Å². The molecular formula is C12H16N4OS. The fourth-order valence-corrected chi connectivity index (χ4v) is 2.57. The summed E-state index contributed by atoms with van der Waals surface area (Å²) in [7, 11) is 0. The van der Waals surface area contributed by atoms with Crippen LogP contribution >= 0.6 is 11.3 Å². The van der Waals surface area contributed by atoms with Crippen LogP contribution in [0.3, 0.4) is 0 Å². The average molecular weight is 264 g/mol. The van der Waals surface area contributed by atoms with E-state index >= 15 is 0 Å². The molecule has 0 aliphatic rings. The summed E-state index contributed by atoms with van der Waals surface area (Å²) in [6.45, 7) is 4.53. The van der Waals surface area contributed by atoms with Crippen LogP contribution in [-0.2, 0) is 0 Å². The molecule has 96 valence electrons. The highest BCUT2D eigenvalue weighted by Gasteiger charge is 2.16. The quantitative estimate of drug-likeness (QED) is 0.636. The normalized spacial score (nSPS) is 12.4. The van der Waals surface area contributed by atoms with Gasteiger partial charge in [-0.3, -0.25) is 10.8 Å². The third-order valence-electron chi connectivity index (χ3n) is 2.47. The van der Waals surface area contributed by atoms with Crippen molar-refractivity contribution in [3.05, 3.63) is 40.1 Å². The van der Waals surface area contributed by atoms with E-state index in [1.54, 1.807) is 23.7 Å². The van der Waals surface area contributed by atoms with Crippen LogP contribution in [0.25, 0.3) is 0 Å². The summed E-state index contributed by atoms with van der Waals surface area (Å²) in [6.07, 6.45) is 5.30. The number of hydrogen-bond donors (Lipinski definition) is 2. The third-order valence-corrected chi connectivity index (χ3v) is 3.45. The number of rotatable bonds is 5. The number of hydrogen-bond acceptors (Lipinski definition) is 6. The Morgan fingerprint density at radius 1 is 1.44 bits per heavy atom. The molecule has 3 N–H and O–H groups in total. The van der Waals surface area contributed by atoms with Crippen LogP contribution in [0.15, 0.2) is 24.7 Å². The third kappa shape index (κ3) is 2.84. The summed E-state index contributed by atoms with van der Waals surface area (Å²) in [6, 6.07) is 1.83. The number of aromatic nitrogens is 2. The van der Waals surface area contributed by atoms with E-state index in [0.717, 1.165) is 21.2 Å². The number of thiazole rings is 1. The maximum atomic E-state index is 5.63. The number of ether oxygens (including phenoxy) is 1. The van der Waals surface area contributed by atoms with E-state index in [-0.39, 0.29) is 6.04 Å². The van der Waals surface area contributed by atoms with Crippen molar-refractivity contribution >= 4 is 11.3 Å². The molecule has 0 bridgehead atoms. The van der Waals surface area contributed by atoms with Crippen molar-refractivity contribution in [2.45, 2.75) is 19.9 Å². The van der Waals surface area contributed by atoms with Gasteiger partial charge in [-0.2, -0.15) is 0 Å². The summed E-state index contributed by atoms with van der Waals surface area (Å²) in [4.78, 5) is 9.47. The Labute approximate surface area is 110 Å². The first-order valence-electron chi connectivity index (χ1n) is 5.70. The number of nitrogens with two attached hydrogens (primary N) is 1. The van der Waals surface area contributed by atoms with Gasteiger partial charge in [0.2, 0.25) is 0 Å². The molecule has 0 radical (unpaired) electrons. The summed E-state index contributed by atoms with van der Waals surface area (Å²) >= 11 is 1.61. The predicted octanol–water partition coefficient (Wildman–Crippen LogP) is 1.80. The van der Waals surface area contributed by atoms with E-state index in [4.69, 9.17) is 10.6 Å². The Morgan fingerprint density at radius 3 is 2.89 bits per heavy atom. The fraction of sp³-hybridized carbons (Fsp3) is 0.333. The van der Waals surface area contributed by atoms with Crippen LogP contribution in [0.4, 0.5) is 0 Å². The van der Waals surface area contributed by atoms with E-state index in [2.05, 4.69) is 15.4 Å². The molecule has 0 amide bonds. The second-order valence-electron chi connectivity index (χ2n) is 3.77. The molecule has 2 aromatic heterocycles. The van der Waals surface area contributed by atoms with Gasteiger partial charge in [-0.1, -0.05) is 0 Å². The van der Waals surface area contributed by atoms with Crippen LogP contribution in [0.5, 0.6) is 5.75 Å². The number of nitrogens with one attached hydrogen (secondary N) is 1. The van der Waals surface area contributed by atoms with Crippen molar-refractivity contribution in [2.75, 3.05) is 6.61 Å². The lowest BCUT2D eigenvalue weighted by Gasteiger charge is -2.14. The smallest absolute Gasteiger partial charge is 0.137 e. The van der Waals surface area contributed by atoms with Gasteiger partial charge in [0.1, 0.15) is 5.75 Å². The molecule has 2 rings (SSSR count). The molecule has 0 saturated heterocycles. The molecule has 0 fully saturated rings. The van der Waals surface area contributed by atoms with Crippen LogP contribution in [0.1, 0.15) is 28.4 Å². The lowest BCUT2D eigenvalue weighted by Crippen LogP contribution is -2.28. The van der Waals surface area contributed by atoms with Gasteiger partial charge in [0.05, 0.1) is 23.9 Å². The van der Waals surface area contributed by atoms with Crippen molar-refractivity contribution in [2.24, 2.45) is 5.84 Å². The predicted molar refractivity (Wildman–Crippen MR) is 71.4 cm³/mol. The van der Waals surface area contributed by atoms with Crippen molar-refractivity contribution in [3.63, 3.8) is 0 Å². The van der Waals surface area contributed by atoms with Crippen LogP contribution in [-0.4, -0.2) is 16.6 Å². The van der Waals surface area contributed by atoms with Crippen LogP contribution in [0.2, 0.25) is 0 Å². The molecule has 0 spiro atoms. The Bertz CT molecular complexity index is 514. The van der Waals surface area contributed by atoms with Crippen molar-refractivity contribution < 1.29 is 4.74 Å². The highest BCUT2D eigenvalue weighted by atomic mass is 32.1. The molecule has 2 aromatic rings. The molecule has 0 aromatic carbocycles. The molecule has 0 aliphatic heterocycles. The van der Waals surface area contributed by atoms with Gasteiger partial charge in [0, 0.05) is 17.3 Å². The van der Waals surface area contributed by atoms with Crippen molar-refractivity contribution in [1.29, 1.82) is 0 Å². The Balaban J connectivity index is 2.29. The van der Waals surface area contributed by atoms with Gasteiger partial charge in [-0.05, 0) is 25.5 Å². The first-order valence-corrected chi connectivity index (χ1v) is 6.52. The molecular weight excluding hydrogens is 248 g/mol. The number of aryl methyl sites for hydroxylation is 1. The molecule has 0 aliphatic carbocycles. The Hall–Kier alpha value is -1.50. The van der Waals surface area contributed by atoms with E-state index in [0.29, 0.717) is 6.61 Å². The lowest BCUT2D eigenvalue weighted by atomic mass is 10.1. The standard InChI is InChI=1S/C12H16N4OS/c1-3-17-10-4-9(5-14-6-10)12(16-13)11-7-15-8(2)18-11/h4-7,12,16H,3,13H2,1-2H3. The zero-order valence-corrected chi connectivity index (χ0v) is 11.2. The molecule has 0 saturated carbocycles. The van der Waals surface area contributed by atoms with Gasteiger partial charge in [0.15, 0.2) is 0 Å². The van der Waals surface area contributed by atoms with Crippen LogP contribution in [0, 0.1) is 6.92 Å². The second kappa shape index (κ2) is 5.90. The first-order chi connectivity index (χ1) is 8.74. The summed E-state index contributed by atoms with van der Waals surface area (Å²) in [5, 5.41) is 1.01.